The highest BCUT2D eigenvalue weighted by Gasteiger charge is 2.12. The fraction of sp³-hybridized carbons (Fsp3) is 0.462. The molecule has 0 aromatic heterocycles. The van der Waals surface area contributed by atoms with Gasteiger partial charge in [-0.25, -0.2) is 4.79 Å². The van der Waals surface area contributed by atoms with Gasteiger partial charge in [0, 0.05) is 23.2 Å². The zero-order valence-electron chi connectivity index (χ0n) is 10.4. The van der Waals surface area contributed by atoms with Crippen molar-refractivity contribution in [3.63, 3.8) is 0 Å². The average Bonchev–Trinajstić information content (AvgIpc) is 2.24. The van der Waals surface area contributed by atoms with Crippen molar-refractivity contribution >= 4 is 27.6 Å². The summed E-state index contributed by atoms with van der Waals surface area (Å²) < 4.78 is 0.629. The second kappa shape index (κ2) is 6.05. The maximum atomic E-state index is 10.9. The van der Waals surface area contributed by atoms with Crippen molar-refractivity contribution < 1.29 is 9.90 Å². The Morgan fingerprint density at radius 2 is 2.12 bits per heavy atom. The molecular weight excluding hydrogens is 282 g/mol. The van der Waals surface area contributed by atoms with Crippen LogP contribution in [0.2, 0.25) is 0 Å². The minimum atomic E-state index is -0.907. The van der Waals surface area contributed by atoms with Gasteiger partial charge >= 0.3 is 5.97 Å². The minimum Gasteiger partial charge on any atom is -0.478 e. The summed E-state index contributed by atoms with van der Waals surface area (Å²) in [4.78, 5) is 13.1. The van der Waals surface area contributed by atoms with Crippen molar-refractivity contribution in [2.75, 3.05) is 18.0 Å². The third-order valence-corrected chi connectivity index (χ3v) is 3.17. The summed E-state index contributed by atoms with van der Waals surface area (Å²) in [5.41, 5.74) is 1.35. The lowest BCUT2D eigenvalue weighted by molar-refractivity contribution is 0.0696. The van der Waals surface area contributed by atoms with E-state index in [9.17, 15) is 4.79 Å². The van der Waals surface area contributed by atoms with Gasteiger partial charge in [-0.05, 0) is 47.0 Å². The summed E-state index contributed by atoms with van der Waals surface area (Å²) in [5.74, 6) is -0.330. The Balaban J connectivity index is 2.98. The van der Waals surface area contributed by atoms with Crippen molar-refractivity contribution in [2.45, 2.75) is 20.8 Å². The molecule has 0 radical (unpaired) electrons. The fourth-order valence-electron chi connectivity index (χ4n) is 1.73. The zero-order chi connectivity index (χ0) is 13.0. The lowest BCUT2D eigenvalue weighted by atomic mass is 10.1. The molecule has 3 nitrogen and oxygen atoms in total. The molecule has 1 aromatic carbocycles. The average molecular weight is 300 g/mol. The van der Waals surface area contributed by atoms with Crippen molar-refractivity contribution in [1.29, 1.82) is 0 Å². The minimum absolute atomic E-state index is 0.300. The maximum Gasteiger partial charge on any atom is 0.336 e. The van der Waals surface area contributed by atoms with Crippen LogP contribution in [0.25, 0.3) is 0 Å². The highest BCUT2D eigenvalue weighted by Crippen LogP contribution is 2.24. The van der Waals surface area contributed by atoms with E-state index in [0.29, 0.717) is 16.0 Å². The molecule has 1 N–H and O–H groups in total. The molecule has 0 aliphatic rings. The lowest BCUT2D eigenvalue weighted by Gasteiger charge is -2.25. The van der Waals surface area contributed by atoms with Gasteiger partial charge in [0.15, 0.2) is 0 Å². The predicted octanol–water partition coefficient (Wildman–Crippen LogP) is 3.63. The number of rotatable bonds is 5. The van der Waals surface area contributed by atoms with E-state index in [0.717, 1.165) is 18.8 Å². The first-order chi connectivity index (χ1) is 7.95. The van der Waals surface area contributed by atoms with Crippen LogP contribution >= 0.6 is 15.9 Å². The number of carboxylic acid groups (broad SMARTS) is 1. The predicted molar refractivity (Wildman–Crippen MR) is 73.8 cm³/mol. The van der Waals surface area contributed by atoms with Gasteiger partial charge in [-0.2, -0.15) is 0 Å². The standard InChI is InChI=1S/C13H18BrNO2/c1-4-15(8-9(2)3)10-5-6-11(13(16)17)12(14)7-10/h5-7,9H,4,8H2,1-3H3,(H,16,17). The van der Waals surface area contributed by atoms with Crippen molar-refractivity contribution in [2.24, 2.45) is 5.92 Å². The van der Waals surface area contributed by atoms with Crippen LogP contribution in [0.15, 0.2) is 22.7 Å². The first-order valence-corrected chi connectivity index (χ1v) is 6.52. The summed E-state index contributed by atoms with van der Waals surface area (Å²) in [6.07, 6.45) is 0. The molecule has 1 aromatic rings. The first kappa shape index (κ1) is 14.0. The summed E-state index contributed by atoms with van der Waals surface area (Å²) in [6.45, 7) is 8.32. The monoisotopic (exact) mass is 299 g/mol. The van der Waals surface area contributed by atoms with Crippen LogP contribution in [0.4, 0.5) is 5.69 Å². The number of hydrogen-bond acceptors (Lipinski definition) is 2. The maximum absolute atomic E-state index is 10.9. The molecule has 0 aliphatic carbocycles. The number of halogens is 1. The van der Waals surface area contributed by atoms with Crippen LogP contribution < -0.4 is 4.90 Å². The third-order valence-electron chi connectivity index (χ3n) is 2.52. The molecule has 94 valence electrons. The van der Waals surface area contributed by atoms with E-state index in [2.05, 4.69) is 41.6 Å². The lowest BCUT2D eigenvalue weighted by Crippen LogP contribution is -2.27. The molecule has 1 rings (SSSR count). The molecule has 0 unspecified atom stereocenters. The van der Waals surface area contributed by atoms with Gasteiger partial charge in [0.25, 0.3) is 0 Å². The number of carbonyl (C=O) groups is 1. The number of hydrogen-bond donors (Lipinski definition) is 1. The Kier molecular flexibility index (Phi) is 5.00. The second-order valence-electron chi connectivity index (χ2n) is 4.40. The normalized spacial score (nSPS) is 10.6. The zero-order valence-corrected chi connectivity index (χ0v) is 12.0. The highest BCUT2D eigenvalue weighted by molar-refractivity contribution is 9.10. The van der Waals surface area contributed by atoms with E-state index in [1.807, 2.05) is 12.1 Å². The number of nitrogens with zero attached hydrogens (tertiary/aromatic N) is 1. The number of anilines is 1. The van der Waals surface area contributed by atoms with Gasteiger partial charge in [0.2, 0.25) is 0 Å². The molecule has 4 heteroatoms. The smallest absolute Gasteiger partial charge is 0.336 e. The molecule has 0 amide bonds. The number of aromatic carboxylic acids is 1. The van der Waals surface area contributed by atoms with Crippen LogP contribution in [-0.2, 0) is 0 Å². The van der Waals surface area contributed by atoms with Crippen LogP contribution in [-0.4, -0.2) is 24.2 Å². The summed E-state index contributed by atoms with van der Waals surface area (Å²) >= 11 is 3.30. The van der Waals surface area contributed by atoms with E-state index >= 15 is 0 Å². The Morgan fingerprint density at radius 3 is 2.53 bits per heavy atom. The SMILES string of the molecule is CCN(CC(C)C)c1ccc(C(=O)O)c(Br)c1. The van der Waals surface area contributed by atoms with Crippen LogP contribution in [0.5, 0.6) is 0 Å². The molecule has 0 fully saturated rings. The van der Waals surface area contributed by atoms with E-state index < -0.39 is 5.97 Å². The van der Waals surface area contributed by atoms with Gasteiger partial charge < -0.3 is 10.0 Å². The van der Waals surface area contributed by atoms with E-state index in [1.54, 1.807) is 6.07 Å². The van der Waals surface area contributed by atoms with Gasteiger partial charge in [0.05, 0.1) is 5.56 Å². The van der Waals surface area contributed by atoms with Gasteiger partial charge in [-0.3, -0.25) is 0 Å². The third kappa shape index (κ3) is 3.73. The van der Waals surface area contributed by atoms with Gasteiger partial charge in [0.1, 0.15) is 0 Å². The van der Waals surface area contributed by atoms with E-state index in [-0.39, 0.29) is 0 Å². The molecule has 0 saturated carbocycles. The Labute approximate surface area is 111 Å². The topological polar surface area (TPSA) is 40.5 Å². The highest BCUT2D eigenvalue weighted by atomic mass is 79.9. The van der Waals surface area contributed by atoms with E-state index in [4.69, 9.17) is 5.11 Å². The summed E-state index contributed by atoms with van der Waals surface area (Å²) in [6, 6.07) is 5.38. The molecule has 0 bridgehead atoms. The molecule has 0 aliphatic heterocycles. The van der Waals surface area contributed by atoms with Gasteiger partial charge in [-0.1, -0.05) is 13.8 Å². The van der Waals surface area contributed by atoms with Gasteiger partial charge in [-0.15, -0.1) is 0 Å². The largest absolute Gasteiger partial charge is 0.478 e. The van der Waals surface area contributed by atoms with Crippen molar-refractivity contribution in [3.05, 3.63) is 28.2 Å². The first-order valence-electron chi connectivity index (χ1n) is 5.73. The molecular formula is C13H18BrNO2. The van der Waals surface area contributed by atoms with Crippen molar-refractivity contribution in [3.8, 4) is 0 Å². The summed E-state index contributed by atoms with van der Waals surface area (Å²) in [5, 5.41) is 8.95. The summed E-state index contributed by atoms with van der Waals surface area (Å²) in [7, 11) is 0. The van der Waals surface area contributed by atoms with Crippen LogP contribution in [0, 0.1) is 5.92 Å². The molecule has 0 heterocycles. The Morgan fingerprint density at radius 1 is 1.47 bits per heavy atom. The van der Waals surface area contributed by atoms with Crippen molar-refractivity contribution in [1.82, 2.24) is 0 Å². The number of carboxylic acids is 1. The Hall–Kier alpha value is -1.03. The van der Waals surface area contributed by atoms with Crippen LogP contribution in [0.3, 0.4) is 0 Å². The molecule has 0 saturated heterocycles. The molecule has 17 heavy (non-hydrogen) atoms. The van der Waals surface area contributed by atoms with E-state index in [1.165, 1.54) is 0 Å². The number of benzene rings is 1. The second-order valence-corrected chi connectivity index (χ2v) is 5.26. The Bertz CT molecular complexity index is 404. The van der Waals surface area contributed by atoms with Crippen LogP contribution in [0.1, 0.15) is 31.1 Å². The fourth-order valence-corrected chi connectivity index (χ4v) is 2.27. The quantitative estimate of drug-likeness (QED) is 0.902. The molecule has 0 atom stereocenters. The molecule has 0 spiro atoms.